The average Bonchev–Trinajstić information content (AvgIpc) is 2.30. The van der Waals surface area contributed by atoms with Crippen molar-refractivity contribution in [1.29, 1.82) is 0 Å². The second kappa shape index (κ2) is 7.22. The van der Waals surface area contributed by atoms with Crippen molar-refractivity contribution in [1.82, 2.24) is 0 Å². The van der Waals surface area contributed by atoms with Crippen molar-refractivity contribution in [2.45, 2.75) is 19.1 Å². The molecule has 0 spiro atoms. The molecule has 0 aliphatic heterocycles. The minimum absolute atomic E-state index is 0.0208. The van der Waals surface area contributed by atoms with Gasteiger partial charge in [0.25, 0.3) is 0 Å². The van der Waals surface area contributed by atoms with E-state index in [0.29, 0.717) is 13.0 Å². The predicted molar refractivity (Wildman–Crippen MR) is 60.4 cm³/mol. The van der Waals surface area contributed by atoms with Gasteiger partial charge >= 0.3 is 0 Å². The molecule has 1 atom stereocenters. The molecule has 0 aromatic heterocycles. The molecule has 0 fully saturated rings. The molecule has 16 heavy (non-hydrogen) atoms. The van der Waals surface area contributed by atoms with Crippen molar-refractivity contribution in [3.05, 3.63) is 29.8 Å². The molecule has 4 nitrogen and oxygen atoms in total. The fraction of sp³-hybridized carbons (Fsp3) is 0.500. The zero-order valence-electron chi connectivity index (χ0n) is 9.43. The summed E-state index contributed by atoms with van der Waals surface area (Å²) in [5.41, 5.74) is 1.02. The second-order valence-corrected chi connectivity index (χ2v) is 3.53. The van der Waals surface area contributed by atoms with E-state index >= 15 is 0 Å². The minimum atomic E-state index is -0.594. The average molecular weight is 226 g/mol. The van der Waals surface area contributed by atoms with Crippen LogP contribution in [0.5, 0.6) is 5.75 Å². The normalized spacial score (nSPS) is 12.4. The third-order valence-electron chi connectivity index (χ3n) is 2.20. The zero-order valence-corrected chi connectivity index (χ0v) is 9.43. The molecule has 0 amide bonds. The van der Waals surface area contributed by atoms with Crippen LogP contribution in [0.1, 0.15) is 12.0 Å². The lowest BCUT2D eigenvalue weighted by molar-refractivity contribution is 0.0168. The lowest BCUT2D eigenvalue weighted by atomic mass is 10.2. The Morgan fingerprint density at radius 1 is 1.25 bits per heavy atom. The minimum Gasteiger partial charge on any atom is -0.497 e. The van der Waals surface area contributed by atoms with Crippen LogP contribution >= 0.6 is 0 Å². The Morgan fingerprint density at radius 3 is 2.50 bits per heavy atom. The monoisotopic (exact) mass is 226 g/mol. The van der Waals surface area contributed by atoms with Gasteiger partial charge in [-0.3, -0.25) is 0 Å². The van der Waals surface area contributed by atoms with Crippen molar-refractivity contribution in [2.75, 3.05) is 20.3 Å². The van der Waals surface area contributed by atoms with Gasteiger partial charge in [-0.05, 0) is 24.1 Å². The number of hydrogen-bond donors (Lipinski definition) is 2. The molecular weight excluding hydrogens is 208 g/mol. The van der Waals surface area contributed by atoms with Crippen LogP contribution in [0, 0.1) is 0 Å². The summed E-state index contributed by atoms with van der Waals surface area (Å²) in [6.07, 6.45) is -0.244. The fourth-order valence-corrected chi connectivity index (χ4v) is 1.27. The molecule has 0 saturated carbocycles. The van der Waals surface area contributed by atoms with Crippen LogP contribution in [0.3, 0.4) is 0 Å². The standard InChI is InChI=1S/C12H18O4/c1-15-12-4-2-10(3-5-12)8-16-9-11(14)6-7-13/h2-5,11,13-14H,6-9H2,1H3/t11-/m1/s1. The quantitative estimate of drug-likeness (QED) is 0.727. The summed E-state index contributed by atoms with van der Waals surface area (Å²) in [6.45, 7) is 0.673. The molecule has 90 valence electrons. The van der Waals surface area contributed by atoms with Crippen molar-refractivity contribution in [3.63, 3.8) is 0 Å². The van der Waals surface area contributed by atoms with Crippen LogP contribution in [0.25, 0.3) is 0 Å². The molecule has 0 aliphatic rings. The van der Waals surface area contributed by atoms with Crippen LogP contribution in [0.4, 0.5) is 0 Å². The molecule has 1 rings (SSSR count). The van der Waals surface area contributed by atoms with Gasteiger partial charge in [0.15, 0.2) is 0 Å². The third kappa shape index (κ3) is 4.61. The highest BCUT2D eigenvalue weighted by Gasteiger charge is 2.03. The van der Waals surface area contributed by atoms with Crippen LogP contribution in [-0.4, -0.2) is 36.6 Å². The van der Waals surface area contributed by atoms with Crippen molar-refractivity contribution >= 4 is 0 Å². The van der Waals surface area contributed by atoms with Crippen molar-refractivity contribution < 1.29 is 19.7 Å². The SMILES string of the molecule is COc1ccc(COC[C@H](O)CCO)cc1. The first kappa shape index (κ1) is 13.0. The lowest BCUT2D eigenvalue weighted by Crippen LogP contribution is -2.16. The highest BCUT2D eigenvalue weighted by Crippen LogP contribution is 2.12. The highest BCUT2D eigenvalue weighted by molar-refractivity contribution is 5.26. The summed E-state index contributed by atoms with van der Waals surface area (Å²) in [5.74, 6) is 0.809. The van der Waals surface area contributed by atoms with Gasteiger partial charge in [-0.1, -0.05) is 12.1 Å². The third-order valence-corrected chi connectivity index (χ3v) is 2.20. The molecule has 0 unspecified atom stereocenters. The molecular formula is C12H18O4. The van der Waals surface area contributed by atoms with Crippen LogP contribution in [0.15, 0.2) is 24.3 Å². The molecule has 1 aromatic rings. The van der Waals surface area contributed by atoms with Crippen molar-refractivity contribution in [2.24, 2.45) is 0 Å². The maximum atomic E-state index is 9.30. The second-order valence-electron chi connectivity index (χ2n) is 3.53. The van der Waals surface area contributed by atoms with E-state index in [9.17, 15) is 5.11 Å². The number of benzene rings is 1. The van der Waals surface area contributed by atoms with Gasteiger partial charge in [-0.15, -0.1) is 0 Å². The number of ether oxygens (including phenoxy) is 2. The topological polar surface area (TPSA) is 58.9 Å². The Labute approximate surface area is 95.4 Å². The number of rotatable bonds is 7. The Balaban J connectivity index is 2.26. The first-order chi connectivity index (χ1) is 7.76. The molecule has 0 bridgehead atoms. The van der Waals surface area contributed by atoms with Crippen molar-refractivity contribution in [3.8, 4) is 5.75 Å². The van der Waals surface area contributed by atoms with E-state index in [0.717, 1.165) is 11.3 Å². The van der Waals surface area contributed by atoms with E-state index in [1.165, 1.54) is 0 Å². The largest absolute Gasteiger partial charge is 0.497 e. The molecule has 1 aromatic carbocycles. The zero-order chi connectivity index (χ0) is 11.8. The Hall–Kier alpha value is -1.10. The molecule has 0 aliphatic carbocycles. The van der Waals surface area contributed by atoms with Gasteiger partial charge in [-0.2, -0.15) is 0 Å². The number of aliphatic hydroxyl groups is 2. The van der Waals surface area contributed by atoms with Crippen LogP contribution < -0.4 is 4.74 Å². The number of methoxy groups -OCH3 is 1. The smallest absolute Gasteiger partial charge is 0.118 e. The number of hydrogen-bond acceptors (Lipinski definition) is 4. The predicted octanol–water partition coefficient (Wildman–Crippen LogP) is 0.955. The summed E-state index contributed by atoms with van der Waals surface area (Å²) in [6, 6.07) is 7.56. The first-order valence-electron chi connectivity index (χ1n) is 5.26. The summed E-state index contributed by atoms with van der Waals surface area (Å²) in [4.78, 5) is 0. The van der Waals surface area contributed by atoms with E-state index in [4.69, 9.17) is 14.6 Å². The summed E-state index contributed by atoms with van der Waals surface area (Å²) in [7, 11) is 1.62. The summed E-state index contributed by atoms with van der Waals surface area (Å²) in [5, 5.41) is 17.9. The van der Waals surface area contributed by atoms with Gasteiger partial charge in [0.05, 0.1) is 26.4 Å². The first-order valence-corrected chi connectivity index (χ1v) is 5.26. The fourth-order valence-electron chi connectivity index (χ4n) is 1.27. The summed E-state index contributed by atoms with van der Waals surface area (Å²) >= 11 is 0. The lowest BCUT2D eigenvalue weighted by Gasteiger charge is -2.09. The maximum absolute atomic E-state index is 9.30. The molecule has 0 heterocycles. The van der Waals surface area contributed by atoms with Gasteiger partial charge in [0, 0.05) is 6.61 Å². The van der Waals surface area contributed by atoms with Gasteiger partial charge in [-0.25, -0.2) is 0 Å². The Morgan fingerprint density at radius 2 is 1.94 bits per heavy atom. The van der Waals surface area contributed by atoms with Crippen LogP contribution in [-0.2, 0) is 11.3 Å². The van der Waals surface area contributed by atoms with Crippen LogP contribution in [0.2, 0.25) is 0 Å². The van der Waals surface area contributed by atoms with Gasteiger partial charge in [0.2, 0.25) is 0 Å². The van der Waals surface area contributed by atoms with Gasteiger partial charge < -0.3 is 19.7 Å². The molecule has 4 heteroatoms. The van der Waals surface area contributed by atoms with E-state index < -0.39 is 6.10 Å². The maximum Gasteiger partial charge on any atom is 0.118 e. The number of aliphatic hydroxyl groups excluding tert-OH is 2. The Kier molecular flexibility index (Phi) is 5.85. The van der Waals surface area contributed by atoms with E-state index in [-0.39, 0.29) is 13.2 Å². The Bertz CT molecular complexity index is 284. The molecule has 2 N–H and O–H groups in total. The van der Waals surface area contributed by atoms with E-state index in [1.54, 1.807) is 7.11 Å². The van der Waals surface area contributed by atoms with E-state index in [2.05, 4.69) is 0 Å². The van der Waals surface area contributed by atoms with Gasteiger partial charge in [0.1, 0.15) is 5.75 Å². The summed E-state index contributed by atoms with van der Waals surface area (Å²) < 4.78 is 10.3. The molecule has 0 saturated heterocycles. The highest BCUT2D eigenvalue weighted by atomic mass is 16.5. The van der Waals surface area contributed by atoms with E-state index in [1.807, 2.05) is 24.3 Å². The molecule has 0 radical (unpaired) electrons.